The zero-order valence-corrected chi connectivity index (χ0v) is 11.9. The van der Waals surface area contributed by atoms with Crippen molar-refractivity contribution in [2.75, 3.05) is 27.2 Å². The van der Waals surface area contributed by atoms with Gasteiger partial charge in [0.2, 0.25) is 0 Å². The Hall–Kier alpha value is -0.920. The van der Waals surface area contributed by atoms with E-state index in [0.29, 0.717) is 19.0 Å². The normalized spacial score (nSPS) is 19.6. The fourth-order valence-electron chi connectivity index (χ4n) is 2.40. The van der Waals surface area contributed by atoms with E-state index in [1.165, 1.54) is 9.87 Å². The van der Waals surface area contributed by atoms with E-state index >= 15 is 0 Å². The molecule has 0 aliphatic carbocycles. The van der Waals surface area contributed by atoms with E-state index in [0.717, 1.165) is 18.5 Å². The second-order valence-corrected chi connectivity index (χ2v) is 7.06. The first-order chi connectivity index (χ1) is 8.43. The van der Waals surface area contributed by atoms with Crippen LogP contribution in [-0.2, 0) is 10.2 Å². The van der Waals surface area contributed by atoms with Crippen molar-refractivity contribution in [2.45, 2.75) is 25.7 Å². The van der Waals surface area contributed by atoms with E-state index in [1.54, 1.807) is 18.4 Å². The molecule has 0 saturated carbocycles. The lowest BCUT2D eigenvalue weighted by Gasteiger charge is -2.32. The molecule has 0 bridgehead atoms. The number of aromatic amines is 1. The number of H-pyrrole nitrogens is 1. The van der Waals surface area contributed by atoms with Gasteiger partial charge in [0.15, 0.2) is 0 Å². The van der Waals surface area contributed by atoms with Crippen LogP contribution < -0.4 is 0 Å². The molecule has 7 heteroatoms. The molecular weight excluding hydrogens is 252 g/mol. The number of piperidine rings is 1. The van der Waals surface area contributed by atoms with Crippen LogP contribution >= 0.6 is 0 Å². The Morgan fingerprint density at radius 2 is 2.00 bits per heavy atom. The van der Waals surface area contributed by atoms with Crippen molar-refractivity contribution in [3.05, 3.63) is 17.5 Å². The lowest BCUT2D eigenvalue weighted by molar-refractivity contribution is 0.302. The van der Waals surface area contributed by atoms with Crippen LogP contribution in [0.5, 0.6) is 0 Å². The van der Waals surface area contributed by atoms with Gasteiger partial charge in [-0.1, -0.05) is 0 Å². The minimum absolute atomic E-state index is 0.414. The molecule has 102 valence electrons. The molecule has 0 aromatic carbocycles. The van der Waals surface area contributed by atoms with Crippen molar-refractivity contribution in [3.63, 3.8) is 0 Å². The first-order valence-corrected chi connectivity index (χ1v) is 7.50. The smallest absolute Gasteiger partial charge is 0.281 e. The number of nitrogens with zero attached hydrogens (tertiary/aromatic N) is 3. The van der Waals surface area contributed by atoms with Crippen LogP contribution in [0, 0.1) is 6.92 Å². The van der Waals surface area contributed by atoms with Gasteiger partial charge in [0.1, 0.15) is 0 Å². The lowest BCUT2D eigenvalue weighted by Crippen LogP contribution is -2.44. The molecular formula is C11H20N4O2S. The van der Waals surface area contributed by atoms with Crippen LogP contribution in [0.3, 0.4) is 0 Å². The largest absolute Gasteiger partial charge is 0.283 e. The maximum atomic E-state index is 12.0. The molecule has 1 aromatic rings. The molecule has 0 spiro atoms. The predicted octanol–water partition coefficient (Wildman–Crippen LogP) is 0.704. The summed E-state index contributed by atoms with van der Waals surface area (Å²) in [7, 11) is -0.117. The summed E-state index contributed by atoms with van der Waals surface area (Å²) in [6, 6.07) is 0. The molecule has 1 N–H and O–H groups in total. The van der Waals surface area contributed by atoms with Gasteiger partial charge >= 0.3 is 0 Å². The molecule has 1 saturated heterocycles. The third-order valence-electron chi connectivity index (χ3n) is 3.55. The highest BCUT2D eigenvalue weighted by atomic mass is 32.2. The van der Waals surface area contributed by atoms with Crippen molar-refractivity contribution in [2.24, 2.45) is 0 Å². The fourth-order valence-corrected chi connectivity index (χ4v) is 3.53. The van der Waals surface area contributed by atoms with Crippen molar-refractivity contribution >= 4 is 10.2 Å². The molecule has 1 aromatic heterocycles. The molecule has 0 amide bonds. The van der Waals surface area contributed by atoms with Crippen LogP contribution in [0.4, 0.5) is 0 Å². The molecule has 2 rings (SSSR count). The number of aryl methyl sites for hydroxylation is 1. The van der Waals surface area contributed by atoms with Gasteiger partial charge < -0.3 is 0 Å². The van der Waals surface area contributed by atoms with Crippen LogP contribution in [0.15, 0.2) is 6.20 Å². The molecule has 1 aliphatic rings. The summed E-state index contributed by atoms with van der Waals surface area (Å²) < 4.78 is 26.8. The first-order valence-electron chi connectivity index (χ1n) is 6.10. The van der Waals surface area contributed by atoms with Crippen molar-refractivity contribution in [1.29, 1.82) is 0 Å². The molecule has 1 fully saturated rings. The Labute approximate surface area is 108 Å². The van der Waals surface area contributed by atoms with E-state index in [1.807, 2.05) is 13.1 Å². The summed E-state index contributed by atoms with van der Waals surface area (Å²) in [5.41, 5.74) is 2.31. The second kappa shape index (κ2) is 4.99. The van der Waals surface area contributed by atoms with Gasteiger partial charge in [0, 0.05) is 32.9 Å². The molecule has 6 nitrogen and oxygen atoms in total. The molecule has 1 aliphatic heterocycles. The van der Waals surface area contributed by atoms with Crippen LogP contribution in [0.1, 0.15) is 30.0 Å². The van der Waals surface area contributed by atoms with Gasteiger partial charge in [-0.05, 0) is 31.2 Å². The number of hydrogen-bond acceptors (Lipinski definition) is 3. The molecule has 2 heterocycles. The monoisotopic (exact) mass is 272 g/mol. The fraction of sp³-hybridized carbons (Fsp3) is 0.727. The summed E-state index contributed by atoms with van der Waals surface area (Å²) in [5.74, 6) is 0.414. The zero-order valence-electron chi connectivity index (χ0n) is 11.0. The Morgan fingerprint density at radius 1 is 1.39 bits per heavy atom. The van der Waals surface area contributed by atoms with Gasteiger partial charge in [-0.2, -0.15) is 22.1 Å². The van der Waals surface area contributed by atoms with E-state index in [4.69, 9.17) is 0 Å². The van der Waals surface area contributed by atoms with Crippen LogP contribution in [-0.4, -0.2) is 54.4 Å². The summed E-state index contributed by atoms with van der Waals surface area (Å²) in [6.07, 6.45) is 3.57. The Bertz CT molecular complexity index is 501. The maximum absolute atomic E-state index is 12.0. The summed E-state index contributed by atoms with van der Waals surface area (Å²) >= 11 is 0. The summed E-state index contributed by atoms with van der Waals surface area (Å²) in [4.78, 5) is 0. The summed E-state index contributed by atoms with van der Waals surface area (Å²) in [6.45, 7) is 3.16. The Balaban J connectivity index is 2.03. The highest BCUT2D eigenvalue weighted by Crippen LogP contribution is 2.30. The number of rotatable bonds is 3. The summed E-state index contributed by atoms with van der Waals surface area (Å²) in [5, 5.41) is 6.96. The number of aromatic nitrogens is 2. The van der Waals surface area contributed by atoms with Gasteiger partial charge in [-0.3, -0.25) is 5.10 Å². The van der Waals surface area contributed by atoms with E-state index in [9.17, 15) is 8.42 Å². The Kier molecular flexibility index (Phi) is 3.74. The molecule has 18 heavy (non-hydrogen) atoms. The topological polar surface area (TPSA) is 69.3 Å². The van der Waals surface area contributed by atoms with Crippen molar-refractivity contribution < 1.29 is 8.42 Å². The van der Waals surface area contributed by atoms with Crippen LogP contribution in [0.2, 0.25) is 0 Å². The second-order valence-electron chi connectivity index (χ2n) is 4.91. The van der Waals surface area contributed by atoms with Crippen molar-refractivity contribution in [1.82, 2.24) is 18.8 Å². The minimum atomic E-state index is -3.26. The van der Waals surface area contributed by atoms with E-state index < -0.39 is 10.2 Å². The predicted molar refractivity (Wildman–Crippen MR) is 69.5 cm³/mol. The molecule has 0 radical (unpaired) electrons. The number of nitrogens with one attached hydrogen (secondary N) is 1. The van der Waals surface area contributed by atoms with E-state index in [2.05, 4.69) is 10.2 Å². The van der Waals surface area contributed by atoms with Crippen LogP contribution in [0.25, 0.3) is 0 Å². The third-order valence-corrected chi connectivity index (χ3v) is 5.49. The maximum Gasteiger partial charge on any atom is 0.281 e. The van der Waals surface area contributed by atoms with Gasteiger partial charge in [-0.25, -0.2) is 0 Å². The van der Waals surface area contributed by atoms with E-state index in [-0.39, 0.29) is 0 Å². The van der Waals surface area contributed by atoms with Gasteiger partial charge in [0.25, 0.3) is 10.2 Å². The first kappa shape index (κ1) is 13.5. The number of hydrogen-bond donors (Lipinski definition) is 1. The third kappa shape index (κ3) is 2.43. The zero-order chi connectivity index (χ0) is 13.3. The Morgan fingerprint density at radius 3 is 2.44 bits per heavy atom. The molecule has 0 unspecified atom stereocenters. The average molecular weight is 272 g/mol. The SMILES string of the molecule is Cc1[nH]ncc1C1CCN(S(=O)(=O)N(C)C)CC1. The lowest BCUT2D eigenvalue weighted by atomic mass is 9.91. The standard InChI is InChI=1S/C11H20N4O2S/c1-9-11(8-12-13-9)10-4-6-15(7-5-10)18(16,17)14(2)3/h8,10H,4-7H2,1-3H3,(H,12,13). The quantitative estimate of drug-likeness (QED) is 0.881. The average Bonchev–Trinajstić information content (AvgIpc) is 2.75. The van der Waals surface area contributed by atoms with Gasteiger partial charge in [-0.15, -0.1) is 0 Å². The van der Waals surface area contributed by atoms with Crippen molar-refractivity contribution in [3.8, 4) is 0 Å². The highest BCUT2D eigenvalue weighted by Gasteiger charge is 2.30. The minimum Gasteiger partial charge on any atom is -0.283 e. The molecule has 0 atom stereocenters. The van der Waals surface area contributed by atoms with Gasteiger partial charge in [0.05, 0.1) is 6.20 Å². The highest BCUT2D eigenvalue weighted by molar-refractivity contribution is 7.86.